The minimum absolute atomic E-state index is 0.336. The van der Waals surface area contributed by atoms with Crippen molar-refractivity contribution in [2.24, 2.45) is 0 Å². The molecule has 0 fully saturated rings. The van der Waals surface area contributed by atoms with E-state index in [1.165, 1.54) is 0 Å². The van der Waals surface area contributed by atoms with Crippen LogP contribution in [0.5, 0.6) is 11.5 Å². The SMILES string of the molecule is COc1ccccc1COc1ccc(C)nc1CCl. The first-order valence-corrected chi connectivity index (χ1v) is 6.55. The highest BCUT2D eigenvalue weighted by Crippen LogP contribution is 2.23. The van der Waals surface area contributed by atoms with Crippen molar-refractivity contribution in [1.82, 2.24) is 4.98 Å². The minimum Gasteiger partial charge on any atom is -0.496 e. The number of para-hydroxylation sites is 1. The van der Waals surface area contributed by atoms with Crippen LogP contribution in [0, 0.1) is 6.92 Å². The number of aryl methyl sites for hydroxylation is 1. The smallest absolute Gasteiger partial charge is 0.142 e. The van der Waals surface area contributed by atoms with Crippen LogP contribution in [-0.4, -0.2) is 12.1 Å². The normalized spacial score (nSPS) is 10.3. The van der Waals surface area contributed by atoms with Gasteiger partial charge in [0.05, 0.1) is 18.7 Å². The van der Waals surface area contributed by atoms with Gasteiger partial charge in [-0.25, -0.2) is 0 Å². The molecule has 0 bridgehead atoms. The fraction of sp³-hybridized carbons (Fsp3) is 0.267. The molecule has 1 aromatic heterocycles. The monoisotopic (exact) mass is 277 g/mol. The molecule has 2 rings (SSSR count). The summed E-state index contributed by atoms with van der Waals surface area (Å²) in [5.41, 5.74) is 2.68. The standard InChI is InChI=1S/C15H16ClNO2/c1-11-7-8-15(13(9-16)17-11)19-10-12-5-3-4-6-14(12)18-2/h3-8H,9-10H2,1-2H3. The Morgan fingerprint density at radius 2 is 1.89 bits per heavy atom. The van der Waals surface area contributed by atoms with Gasteiger partial charge in [-0.3, -0.25) is 4.98 Å². The Morgan fingerprint density at radius 3 is 2.63 bits per heavy atom. The van der Waals surface area contributed by atoms with Gasteiger partial charge in [-0.05, 0) is 25.1 Å². The van der Waals surface area contributed by atoms with Gasteiger partial charge in [0.15, 0.2) is 0 Å². The summed E-state index contributed by atoms with van der Waals surface area (Å²) in [4.78, 5) is 4.36. The Balaban J connectivity index is 2.14. The molecule has 0 saturated carbocycles. The molecule has 4 heteroatoms. The van der Waals surface area contributed by atoms with Gasteiger partial charge in [0.25, 0.3) is 0 Å². The van der Waals surface area contributed by atoms with Crippen LogP contribution < -0.4 is 9.47 Å². The number of halogens is 1. The molecule has 0 unspecified atom stereocenters. The van der Waals surface area contributed by atoms with E-state index in [0.717, 1.165) is 22.7 Å². The molecular formula is C15H16ClNO2. The summed E-state index contributed by atoms with van der Waals surface area (Å²) in [6.45, 7) is 2.36. The molecule has 0 aliphatic heterocycles. The number of nitrogens with zero attached hydrogens (tertiary/aromatic N) is 1. The van der Waals surface area contributed by atoms with Crippen LogP contribution in [0.3, 0.4) is 0 Å². The maximum Gasteiger partial charge on any atom is 0.142 e. The lowest BCUT2D eigenvalue weighted by molar-refractivity contribution is 0.293. The topological polar surface area (TPSA) is 31.4 Å². The quantitative estimate of drug-likeness (QED) is 0.781. The number of aromatic nitrogens is 1. The van der Waals surface area contributed by atoms with Crippen LogP contribution in [0.25, 0.3) is 0 Å². The van der Waals surface area contributed by atoms with E-state index in [2.05, 4.69) is 4.98 Å². The summed E-state index contributed by atoms with van der Waals surface area (Å²) in [6.07, 6.45) is 0. The zero-order chi connectivity index (χ0) is 13.7. The summed E-state index contributed by atoms with van der Waals surface area (Å²) in [7, 11) is 1.65. The lowest BCUT2D eigenvalue weighted by atomic mass is 10.2. The molecule has 100 valence electrons. The summed E-state index contributed by atoms with van der Waals surface area (Å²) in [5, 5.41) is 0. The van der Waals surface area contributed by atoms with Gasteiger partial charge in [-0.1, -0.05) is 18.2 Å². The predicted octanol–water partition coefficient (Wildman–Crippen LogP) is 3.72. The van der Waals surface area contributed by atoms with Gasteiger partial charge in [0, 0.05) is 11.3 Å². The second kappa shape index (κ2) is 6.43. The lowest BCUT2D eigenvalue weighted by Crippen LogP contribution is -2.02. The number of hydrogen-bond donors (Lipinski definition) is 0. The van der Waals surface area contributed by atoms with E-state index in [4.69, 9.17) is 21.1 Å². The van der Waals surface area contributed by atoms with E-state index in [9.17, 15) is 0 Å². The highest BCUT2D eigenvalue weighted by atomic mass is 35.5. The van der Waals surface area contributed by atoms with Crippen LogP contribution in [0.1, 0.15) is 17.0 Å². The number of hydrogen-bond acceptors (Lipinski definition) is 3. The highest BCUT2D eigenvalue weighted by molar-refractivity contribution is 6.17. The average Bonchev–Trinajstić information content (AvgIpc) is 2.46. The molecule has 1 aromatic carbocycles. The summed E-state index contributed by atoms with van der Waals surface area (Å²) in [6, 6.07) is 11.6. The summed E-state index contributed by atoms with van der Waals surface area (Å²) in [5.74, 6) is 1.87. The van der Waals surface area contributed by atoms with Crippen LogP contribution in [0.15, 0.2) is 36.4 Å². The Bertz CT molecular complexity index is 558. The van der Waals surface area contributed by atoms with Gasteiger partial charge in [-0.2, -0.15) is 0 Å². The van der Waals surface area contributed by atoms with Crippen molar-refractivity contribution < 1.29 is 9.47 Å². The molecule has 0 radical (unpaired) electrons. The van der Waals surface area contributed by atoms with E-state index in [-0.39, 0.29) is 0 Å². The van der Waals surface area contributed by atoms with E-state index in [1.54, 1.807) is 7.11 Å². The largest absolute Gasteiger partial charge is 0.496 e. The fourth-order valence-electron chi connectivity index (χ4n) is 1.80. The number of alkyl halides is 1. The van der Waals surface area contributed by atoms with Crippen LogP contribution in [0.4, 0.5) is 0 Å². The molecule has 19 heavy (non-hydrogen) atoms. The van der Waals surface area contributed by atoms with Crippen LogP contribution in [-0.2, 0) is 12.5 Å². The third-order valence-electron chi connectivity index (χ3n) is 2.77. The van der Waals surface area contributed by atoms with E-state index >= 15 is 0 Å². The lowest BCUT2D eigenvalue weighted by Gasteiger charge is -2.12. The molecule has 0 N–H and O–H groups in total. The predicted molar refractivity (Wildman–Crippen MR) is 75.9 cm³/mol. The molecule has 2 aromatic rings. The average molecular weight is 278 g/mol. The third-order valence-corrected chi connectivity index (χ3v) is 3.03. The molecule has 0 aliphatic rings. The van der Waals surface area contributed by atoms with Crippen molar-refractivity contribution in [3.05, 3.63) is 53.3 Å². The van der Waals surface area contributed by atoms with E-state index in [0.29, 0.717) is 18.2 Å². The van der Waals surface area contributed by atoms with Gasteiger partial charge in [0.2, 0.25) is 0 Å². The van der Waals surface area contributed by atoms with E-state index in [1.807, 2.05) is 43.3 Å². The number of methoxy groups -OCH3 is 1. The number of benzene rings is 1. The molecule has 3 nitrogen and oxygen atoms in total. The van der Waals surface area contributed by atoms with Crippen molar-refractivity contribution >= 4 is 11.6 Å². The first-order chi connectivity index (χ1) is 9.24. The van der Waals surface area contributed by atoms with Crippen molar-refractivity contribution in [2.45, 2.75) is 19.4 Å². The van der Waals surface area contributed by atoms with Crippen molar-refractivity contribution in [3.63, 3.8) is 0 Å². The number of rotatable bonds is 5. The Morgan fingerprint density at radius 1 is 1.11 bits per heavy atom. The number of ether oxygens (including phenoxy) is 2. The van der Waals surface area contributed by atoms with Gasteiger partial charge >= 0.3 is 0 Å². The zero-order valence-electron chi connectivity index (χ0n) is 11.0. The first-order valence-electron chi connectivity index (χ1n) is 6.01. The van der Waals surface area contributed by atoms with Crippen molar-refractivity contribution in [2.75, 3.05) is 7.11 Å². The molecular weight excluding hydrogens is 262 g/mol. The maximum absolute atomic E-state index is 5.88. The first kappa shape index (κ1) is 13.7. The Kier molecular flexibility index (Phi) is 4.63. The molecule has 1 heterocycles. The Hall–Kier alpha value is -1.74. The van der Waals surface area contributed by atoms with Gasteiger partial charge in [-0.15, -0.1) is 11.6 Å². The van der Waals surface area contributed by atoms with E-state index < -0.39 is 0 Å². The number of pyridine rings is 1. The fourth-order valence-corrected chi connectivity index (χ4v) is 1.99. The second-order valence-corrected chi connectivity index (χ2v) is 4.40. The van der Waals surface area contributed by atoms with Crippen LogP contribution >= 0.6 is 11.6 Å². The third kappa shape index (κ3) is 3.38. The summed E-state index contributed by atoms with van der Waals surface area (Å²) >= 11 is 5.88. The molecule has 0 saturated heterocycles. The molecule has 0 atom stereocenters. The zero-order valence-corrected chi connectivity index (χ0v) is 11.8. The highest BCUT2D eigenvalue weighted by Gasteiger charge is 2.07. The van der Waals surface area contributed by atoms with Gasteiger partial charge in [0.1, 0.15) is 18.1 Å². The molecule has 0 spiro atoms. The van der Waals surface area contributed by atoms with Crippen LogP contribution in [0.2, 0.25) is 0 Å². The molecule has 0 aliphatic carbocycles. The summed E-state index contributed by atoms with van der Waals surface area (Å²) < 4.78 is 11.1. The minimum atomic E-state index is 0.336. The van der Waals surface area contributed by atoms with Gasteiger partial charge < -0.3 is 9.47 Å². The van der Waals surface area contributed by atoms with Crippen molar-refractivity contribution in [3.8, 4) is 11.5 Å². The second-order valence-electron chi connectivity index (χ2n) is 4.13. The van der Waals surface area contributed by atoms with Crippen molar-refractivity contribution in [1.29, 1.82) is 0 Å². The Labute approximate surface area is 118 Å². The maximum atomic E-state index is 5.88. The molecule has 0 amide bonds.